The number of ether oxygens (including phenoxy) is 1. The number of carbonyl (C=O) groups excluding carboxylic acids is 1. The van der Waals surface area contributed by atoms with Gasteiger partial charge in [-0.05, 0) is 47.9 Å². The molecule has 0 spiro atoms. The summed E-state index contributed by atoms with van der Waals surface area (Å²) in [5.41, 5.74) is 3.10. The lowest BCUT2D eigenvalue weighted by Crippen LogP contribution is -2.07. The molecule has 2 N–H and O–H groups in total. The maximum Gasteiger partial charge on any atom is 0.409 e. The van der Waals surface area contributed by atoms with Crippen molar-refractivity contribution in [2.45, 2.75) is 13.3 Å². The molecule has 0 saturated carbocycles. The fraction of sp³-hybridized carbons (Fsp3) is 0.130. The first-order valence-corrected chi connectivity index (χ1v) is 8.94. The zero-order valence-corrected chi connectivity index (χ0v) is 16.0. The minimum atomic E-state index is -1.14. The van der Waals surface area contributed by atoms with Crippen LogP contribution in [0, 0.1) is 5.82 Å². The second kappa shape index (κ2) is 8.56. The highest BCUT2D eigenvalue weighted by molar-refractivity contribution is 5.95. The summed E-state index contributed by atoms with van der Waals surface area (Å²) in [4.78, 5) is 22.4. The van der Waals surface area contributed by atoms with Gasteiger partial charge in [-0.3, -0.25) is 10.1 Å². The molecule has 0 aliphatic heterocycles. The van der Waals surface area contributed by atoms with Crippen LogP contribution in [0.5, 0.6) is 5.75 Å². The normalized spacial score (nSPS) is 10.4. The monoisotopic (exact) mass is 393 g/mol. The summed E-state index contributed by atoms with van der Waals surface area (Å²) in [7, 11) is 1.47. The van der Waals surface area contributed by atoms with Crippen LogP contribution in [-0.4, -0.2) is 24.1 Å². The number of amides is 1. The molecule has 148 valence electrons. The minimum absolute atomic E-state index is 0.0996. The number of hydrogen-bond donors (Lipinski definition) is 2. The second-order valence-corrected chi connectivity index (χ2v) is 6.56. The highest BCUT2D eigenvalue weighted by Crippen LogP contribution is 2.35. The van der Waals surface area contributed by atoms with Crippen molar-refractivity contribution in [2.24, 2.45) is 0 Å². The Balaban J connectivity index is 1.98. The molecule has 0 aromatic heterocycles. The van der Waals surface area contributed by atoms with Gasteiger partial charge in [0.15, 0.2) is 5.78 Å². The van der Waals surface area contributed by atoms with Crippen LogP contribution in [0.3, 0.4) is 0 Å². The van der Waals surface area contributed by atoms with Crippen LogP contribution in [0.4, 0.5) is 14.9 Å². The Kier molecular flexibility index (Phi) is 5.93. The molecular formula is C23H20FNO4. The van der Waals surface area contributed by atoms with Crippen molar-refractivity contribution in [3.8, 4) is 16.9 Å². The van der Waals surface area contributed by atoms with E-state index in [1.54, 1.807) is 60.7 Å². The average Bonchev–Trinajstić information content (AvgIpc) is 2.70. The van der Waals surface area contributed by atoms with Gasteiger partial charge in [0.2, 0.25) is 0 Å². The minimum Gasteiger partial charge on any atom is -0.496 e. The van der Waals surface area contributed by atoms with Crippen molar-refractivity contribution in [3.05, 3.63) is 83.2 Å². The van der Waals surface area contributed by atoms with Crippen molar-refractivity contribution < 1.29 is 23.8 Å². The fourth-order valence-corrected chi connectivity index (χ4v) is 3.12. The molecule has 6 heteroatoms. The molecule has 0 radical (unpaired) electrons. The maximum absolute atomic E-state index is 15.4. The number of halogens is 1. The molecular weight excluding hydrogens is 373 g/mol. The molecule has 0 unspecified atom stereocenters. The molecule has 29 heavy (non-hydrogen) atoms. The van der Waals surface area contributed by atoms with Gasteiger partial charge in [0.05, 0.1) is 12.7 Å². The van der Waals surface area contributed by atoms with Gasteiger partial charge in [0, 0.05) is 17.7 Å². The molecule has 1 amide bonds. The summed E-state index contributed by atoms with van der Waals surface area (Å²) in [6.45, 7) is 1.46. The Morgan fingerprint density at radius 1 is 1.07 bits per heavy atom. The standard InChI is InChI=1S/C23H20FNO4/c1-14(26)16-4-3-5-17(13-16)21-20(29-2)11-8-18(22(21)24)12-15-6-9-19(10-7-15)25-23(27)28/h3-11,13,25H,12H2,1-2H3,(H,27,28). The number of anilines is 1. The molecule has 3 aromatic carbocycles. The Labute approximate surface area is 167 Å². The van der Waals surface area contributed by atoms with Crippen molar-refractivity contribution >= 4 is 17.6 Å². The molecule has 3 rings (SSSR count). The first-order chi connectivity index (χ1) is 13.9. The number of methoxy groups -OCH3 is 1. The van der Waals surface area contributed by atoms with Gasteiger partial charge < -0.3 is 9.84 Å². The van der Waals surface area contributed by atoms with E-state index in [2.05, 4.69) is 5.32 Å². The first-order valence-electron chi connectivity index (χ1n) is 8.94. The van der Waals surface area contributed by atoms with Gasteiger partial charge in [-0.2, -0.15) is 0 Å². The Morgan fingerprint density at radius 2 is 1.79 bits per heavy atom. The number of ketones is 1. The zero-order valence-electron chi connectivity index (χ0n) is 16.0. The third-order valence-electron chi connectivity index (χ3n) is 4.56. The van der Waals surface area contributed by atoms with E-state index in [0.29, 0.717) is 40.1 Å². The molecule has 0 aliphatic rings. The largest absolute Gasteiger partial charge is 0.496 e. The summed E-state index contributed by atoms with van der Waals surface area (Å²) < 4.78 is 20.8. The lowest BCUT2D eigenvalue weighted by atomic mass is 9.95. The predicted molar refractivity (Wildman–Crippen MR) is 109 cm³/mol. The van der Waals surface area contributed by atoms with Crippen LogP contribution >= 0.6 is 0 Å². The molecule has 0 saturated heterocycles. The SMILES string of the molecule is COc1ccc(Cc2ccc(NC(=O)O)cc2)c(F)c1-c1cccc(C(C)=O)c1. The van der Waals surface area contributed by atoms with E-state index in [-0.39, 0.29) is 5.78 Å². The average molecular weight is 393 g/mol. The summed E-state index contributed by atoms with van der Waals surface area (Å²) >= 11 is 0. The number of benzene rings is 3. The van der Waals surface area contributed by atoms with Crippen LogP contribution in [0.15, 0.2) is 60.7 Å². The van der Waals surface area contributed by atoms with E-state index in [0.717, 1.165) is 5.56 Å². The third-order valence-corrected chi connectivity index (χ3v) is 4.56. The van der Waals surface area contributed by atoms with E-state index in [9.17, 15) is 9.59 Å². The Hall–Kier alpha value is -3.67. The van der Waals surface area contributed by atoms with E-state index < -0.39 is 11.9 Å². The first kappa shape index (κ1) is 20.1. The predicted octanol–water partition coefficient (Wildman–Crippen LogP) is 5.38. The van der Waals surface area contributed by atoms with Crippen molar-refractivity contribution in [1.82, 2.24) is 0 Å². The van der Waals surface area contributed by atoms with Crippen LogP contribution in [0.25, 0.3) is 11.1 Å². The van der Waals surface area contributed by atoms with Gasteiger partial charge in [-0.1, -0.05) is 36.4 Å². The zero-order chi connectivity index (χ0) is 21.0. The van der Waals surface area contributed by atoms with E-state index in [4.69, 9.17) is 9.84 Å². The Bertz CT molecular complexity index is 1060. The molecule has 0 atom stereocenters. The number of nitrogens with one attached hydrogen (secondary N) is 1. The lowest BCUT2D eigenvalue weighted by Gasteiger charge is -2.14. The summed E-state index contributed by atoms with van der Waals surface area (Å²) in [5.74, 6) is -0.136. The molecule has 0 bridgehead atoms. The Morgan fingerprint density at radius 3 is 2.41 bits per heavy atom. The van der Waals surface area contributed by atoms with E-state index >= 15 is 4.39 Å². The van der Waals surface area contributed by atoms with Gasteiger partial charge in [-0.25, -0.2) is 9.18 Å². The number of Topliss-reactive ketones (excluding diaryl/α,β-unsaturated/α-hetero) is 1. The second-order valence-electron chi connectivity index (χ2n) is 6.56. The number of rotatable bonds is 6. The number of hydrogen-bond acceptors (Lipinski definition) is 3. The van der Waals surface area contributed by atoms with Crippen molar-refractivity contribution in [2.75, 3.05) is 12.4 Å². The van der Waals surface area contributed by atoms with Crippen molar-refractivity contribution in [3.63, 3.8) is 0 Å². The van der Waals surface area contributed by atoms with Gasteiger partial charge in [0.25, 0.3) is 0 Å². The van der Waals surface area contributed by atoms with E-state index in [1.165, 1.54) is 14.0 Å². The molecule has 0 aliphatic carbocycles. The van der Waals surface area contributed by atoms with Gasteiger partial charge >= 0.3 is 6.09 Å². The highest BCUT2D eigenvalue weighted by Gasteiger charge is 2.17. The van der Waals surface area contributed by atoms with Crippen LogP contribution in [0.1, 0.15) is 28.4 Å². The van der Waals surface area contributed by atoms with Crippen LogP contribution in [-0.2, 0) is 6.42 Å². The maximum atomic E-state index is 15.4. The van der Waals surface area contributed by atoms with Gasteiger partial charge in [0.1, 0.15) is 11.6 Å². The quantitative estimate of drug-likeness (QED) is 0.551. The molecule has 3 aromatic rings. The van der Waals surface area contributed by atoms with Crippen LogP contribution < -0.4 is 10.1 Å². The summed E-state index contributed by atoms with van der Waals surface area (Å²) in [6, 6.07) is 16.9. The summed E-state index contributed by atoms with van der Waals surface area (Å²) in [6.07, 6.45) is -0.820. The molecule has 0 fully saturated rings. The molecule has 5 nitrogen and oxygen atoms in total. The van der Waals surface area contributed by atoms with E-state index in [1.807, 2.05) is 0 Å². The fourth-order valence-electron chi connectivity index (χ4n) is 3.12. The topological polar surface area (TPSA) is 75.6 Å². The number of carbonyl (C=O) groups is 2. The highest BCUT2D eigenvalue weighted by atomic mass is 19.1. The molecule has 0 heterocycles. The lowest BCUT2D eigenvalue weighted by molar-refractivity contribution is 0.101. The summed E-state index contributed by atoms with van der Waals surface area (Å²) in [5, 5.41) is 11.0. The third kappa shape index (κ3) is 4.60. The number of carboxylic acid groups (broad SMARTS) is 1. The smallest absolute Gasteiger partial charge is 0.409 e. The van der Waals surface area contributed by atoms with Gasteiger partial charge in [-0.15, -0.1) is 0 Å². The van der Waals surface area contributed by atoms with Crippen LogP contribution in [0.2, 0.25) is 0 Å². The van der Waals surface area contributed by atoms with Crippen molar-refractivity contribution in [1.29, 1.82) is 0 Å².